The molecule has 1 heteroatoms. The smallest absolute Gasteiger partial charge is 0.136 e. The van der Waals surface area contributed by atoms with Crippen LogP contribution in [0, 0.1) is 0 Å². The van der Waals surface area contributed by atoms with Crippen LogP contribution in [0.3, 0.4) is 0 Å². The van der Waals surface area contributed by atoms with Gasteiger partial charge in [-0.05, 0) is 34.3 Å². The third-order valence-electron chi connectivity index (χ3n) is 4.85. The molecule has 27 heavy (non-hydrogen) atoms. The molecule has 0 aliphatic rings. The molecule has 4 rings (SSSR count). The lowest BCUT2D eigenvalue weighted by Crippen LogP contribution is -2.10. The topological polar surface area (TPSA) is 13.1 Å². The van der Waals surface area contributed by atoms with Crippen molar-refractivity contribution in [2.75, 3.05) is 0 Å². The first-order valence-electron chi connectivity index (χ1n) is 9.37. The van der Waals surface area contributed by atoms with Crippen molar-refractivity contribution in [2.24, 2.45) is 0 Å². The summed E-state index contributed by atoms with van der Waals surface area (Å²) >= 11 is 0. The molecular formula is C26H24O. The van der Waals surface area contributed by atoms with Crippen LogP contribution in [0.1, 0.15) is 37.5 Å². The van der Waals surface area contributed by atoms with E-state index in [1.807, 2.05) is 18.2 Å². The van der Waals surface area contributed by atoms with Gasteiger partial charge in [0.15, 0.2) is 0 Å². The highest BCUT2D eigenvalue weighted by molar-refractivity contribution is 5.84. The van der Waals surface area contributed by atoms with E-state index in [1.54, 1.807) is 0 Å². The molecule has 0 radical (unpaired) electrons. The van der Waals surface area contributed by atoms with Crippen LogP contribution in [-0.4, -0.2) is 0 Å². The van der Waals surface area contributed by atoms with Crippen molar-refractivity contribution >= 4 is 22.9 Å². The van der Waals surface area contributed by atoms with Gasteiger partial charge in [0.1, 0.15) is 10.8 Å². The second-order valence-electron chi connectivity index (χ2n) is 7.95. The molecule has 0 bridgehead atoms. The number of hydrogen-bond donors (Lipinski definition) is 0. The lowest BCUT2D eigenvalue weighted by Gasteiger charge is -2.18. The number of fused-ring (bicyclic) bond motifs is 1. The van der Waals surface area contributed by atoms with E-state index >= 15 is 0 Å². The molecule has 4 aromatic rings. The van der Waals surface area contributed by atoms with Gasteiger partial charge in [-0.15, -0.1) is 0 Å². The van der Waals surface area contributed by atoms with Crippen LogP contribution in [0.2, 0.25) is 0 Å². The highest BCUT2D eigenvalue weighted by atomic mass is 16.3. The number of benzene rings is 3. The molecule has 0 amide bonds. The van der Waals surface area contributed by atoms with Crippen molar-refractivity contribution in [2.45, 2.75) is 26.2 Å². The zero-order chi connectivity index (χ0) is 18.9. The second kappa shape index (κ2) is 6.92. The van der Waals surface area contributed by atoms with Crippen molar-refractivity contribution in [3.8, 4) is 0 Å². The Morgan fingerprint density at radius 1 is 0.593 bits per heavy atom. The Bertz CT molecular complexity index is 1170. The summed E-state index contributed by atoms with van der Waals surface area (Å²) in [4.78, 5) is 0. The van der Waals surface area contributed by atoms with Gasteiger partial charge in [-0.25, -0.2) is 0 Å². The largest absolute Gasteiger partial charge is 0.456 e. The average molecular weight is 352 g/mol. The Balaban J connectivity index is 1.85. The van der Waals surface area contributed by atoms with Crippen LogP contribution in [0.25, 0.3) is 22.9 Å². The van der Waals surface area contributed by atoms with E-state index in [9.17, 15) is 0 Å². The molecule has 1 nitrogen and oxygen atoms in total. The summed E-state index contributed by atoms with van der Waals surface area (Å²) in [6.45, 7) is 6.70. The Labute approximate surface area is 160 Å². The Morgan fingerprint density at radius 2 is 1.07 bits per heavy atom. The van der Waals surface area contributed by atoms with Crippen LogP contribution >= 0.6 is 0 Å². The first-order chi connectivity index (χ1) is 13.0. The maximum Gasteiger partial charge on any atom is 0.136 e. The quantitative estimate of drug-likeness (QED) is 0.471. The molecule has 0 fully saturated rings. The summed E-state index contributed by atoms with van der Waals surface area (Å²) < 4.78 is 6.26. The molecule has 0 N–H and O–H groups in total. The van der Waals surface area contributed by atoms with Crippen molar-refractivity contribution in [3.05, 3.63) is 106 Å². The van der Waals surface area contributed by atoms with Crippen LogP contribution in [0.15, 0.2) is 83.3 Å². The first kappa shape index (κ1) is 17.4. The standard InChI is InChI=1S/C26H24O/c1-26(2,3)21-15-13-20(14-16-21)18-25-23-12-8-7-11-22(23)24(27-25)17-19-9-5-4-6-10-19/h4-18H,1-3H3/b24-17+,25-18+. The molecule has 1 aromatic heterocycles. The summed E-state index contributed by atoms with van der Waals surface area (Å²) in [5.74, 6) is 0. The molecule has 0 atom stereocenters. The second-order valence-corrected chi connectivity index (χ2v) is 7.95. The number of furan rings is 1. The van der Waals surface area contributed by atoms with E-state index in [4.69, 9.17) is 4.42 Å². The van der Waals surface area contributed by atoms with Crippen LogP contribution in [-0.2, 0) is 5.41 Å². The summed E-state index contributed by atoms with van der Waals surface area (Å²) in [6, 6.07) is 27.4. The fraction of sp³-hybridized carbons (Fsp3) is 0.154. The molecule has 1 heterocycles. The average Bonchev–Trinajstić information content (AvgIpc) is 3.00. The molecule has 0 unspecified atom stereocenters. The van der Waals surface area contributed by atoms with E-state index in [-0.39, 0.29) is 5.41 Å². The fourth-order valence-corrected chi connectivity index (χ4v) is 3.29. The van der Waals surface area contributed by atoms with Gasteiger partial charge >= 0.3 is 0 Å². The van der Waals surface area contributed by atoms with Gasteiger partial charge in [-0.1, -0.05) is 99.6 Å². The van der Waals surface area contributed by atoms with Crippen molar-refractivity contribution < 1.29 is 4.42 Å². The summed E-state index contributed by atoms with van der Waals surface area (Å²) in [6.07, 6.45) is 4.22. The minimum atomic E-state index is 0.160. The zero-order valence-corrected chi connectivity index (χ0v) is 16.1. The molecule has 3 aromatic carbocycles. The van der Waals surface area contributed by atoms with Crippen LogP contribution < -0.4 is 10.8 Å². The zero-order valence-electron chi connectivity index (χ0n) is 16.1. The molecule has 0 aliphatic carbocycles. The van der Waals surface area contributed by atoms with Gasteiger partial charge in [0, 0.05) is 10.8 Å². The van der Waals surface area contributed by atoms with Gasteiger partial charge in [-0.2, -0.15) is 0 Å². The number of rotatable bonds is 2. The Morgan fingerprint density at radius 3 is 1.59 bits per heavy atom. The Kier molecular flexibility index (Phi) is 4.45. The van der Waals surface area contributed by atoms with E-state index < -0.39 is 0 Å². The van der Waals surface area contributed by atoms with E-state index in [2.05, 4.69) is 93.6 Å². The van der Waals surface area contributed by atoms with Gasteiger partial charge in [0.2, 0.25) is 0 Å². The van der Waals surface area contributed by atoms with Gasteiger partial charge in [0.25, 0.3) is 0 Å². The van der Waals surface area contributed by atoms with Crippen LogP contribution in [0.5, 0.6) is 0 Å². The van der Waals surface area contributed by atoms with Gasteiger partial charge < -0.3 is 4.42 Å². The van der Waals surface area contributed by atoms with E-state index in [0.717, 1.165) is 32.7 Å². The molecule has 0 saturated carbocycles. The first-order valence-corrected chi connectivity index (χ1v) is 9.37. The highest BCUT2D eigenvalue weighted by Crippen LogP contribution is 2.22. The molecule has 0 saturated heterocycles. The van der Waals surface area contributed by atoms with Crippen molar-refractivity contribution in [1.82, 2.24) is 0 Å². The monoisotopic (exact) mass is 352 g/mol. The maximum absolute atomic E-state index is 6.26. The molecular weight excluding hydrogens is 328 g/mol. The van der Waals surface area contributed by atoms with Crippen molar-refractivity contribution in [3.63, 3.8) is 0 Å². The van der Waals surface area contributed by atoms with Crippen molar-refractivity contribution in [1.29, 1.82) is 0 Å². The third-order valence-corrected chi connectivity index (χ3v) is 4.85. The highest BCUT2D eigenvalue weighted by Gasteiger charge is 2.12. The Hall–Kier alpha value is -3.06. The summed E-state index contributed by atoms with van der Waals surface area (Å²) in [7, 11) is 0. The number of hydrogen-bond acceptors (Lipinski definition) is 1. The molecule has 0 aliphatic heterocycles. The molecule has 134 valence electrons. The third kappa shape index (κ3) is 3.73. The molecule has 0 spiro atoms. The maximum atomic E-state index is 6.26. The van der Waals surface area contributed by atoms with Gasteiger partial charge in [-0.3, -0.25) is 0 Å². The lowest BCUT2D eigenvalue weighted by atomic mass is 9.87. The minimum Gasteiger partial charge on any atom is -0.456 e. The predicted molar refractivity (Wildman–Crippen MR) is 114 cm³/mol. The minimum absolute atomic E-state index is 0.160. The predicted octanol–water partition coefficient (Wildman–Crippen LogP) is 5.39. The normalized spacial score (nSPS) is 13.4. The summed E-state index contributed by atoms with van der Waals surface area (Å²) in [5.41, 5.74) is 5.58. The summed E-state index contributed by atoms with van der Waals surface area (Å²) in [5, 5.41) is 2.28. The lowest BCUT2D eigenvalue weighted by molar-refractivity contribution is 0.508. The van der Waals surface area contributed by atoms with Crippen LogP contribution in [0.4, 0.5) is 0 Å². The fourth-order valence-electron chi connectivity index (χ4n) is 3.29. The van der Waals surface area contributed by atoms with Gasteiger partial charge in [0.05, 0.1) is 0 Å². The van der Waals surface area contributed by atoms with E-state index in [1.165, 1.54) is 5.56 Å². The van der Waals surface area contributed by atoms with E-state index in [0.29, 0.717) is 0 Å². The SMILES string of the molecule is CC(C)(C)c1ccc(/C=c2/o/c(=C/c3ccccc3)c3ccccc23)cc1.